The zero-order valence-corrected chi connectivity index (χ0v) is 16.7. The van der Waals surface area contributed by atoms with Gasteiger partial charge in [0.15, 0.2) is 0 Å². The third-order valence-corrected chi connectivity index (χ3v) is 5.16. The van der Waals surface area contributed by atoms with Gasteiger partial charge >= 0.3 is 0 Å². The Morgan fingerprint density at radius 3 is 2.65 bits per heavy atom. The number of benzene rings is 2. The largest absolute Gasteiger partial charge is 0.507 e. The van der Waals surface area contributed by atoms with Gasteiger partial charge in [-0.05, 0) is 29.8 Å². The summed E-state index contributed by atoms with van der Waals surface area (Å²) in [5.41, 5.74) is 0.912. The van der Waals surface area contributed by atoms with Crippen molar-refractivity contribution in [2.45, 2.75) is 12.6 Å². The third kappa shape index (κ3) is 3.77. The topological polar surface area (TPSA) is 79.7 Å². The fourth-order valence-corrected chi connectivity index (χ4v) is 3.68. The molecule has 3 aromatic rings. The molecule has 0 bridgehead atoms. The molecule has 7 heteroatoms. The summed E-state index contributed by atoms with van der Waals surface area (Å²) < 4.78 is 20.0. The van der Waals surface area contributed by atoms with E-state index in [0.29, 0.717) is 16.9 Å². The fraction of sp³-hybridized carbons (Fsp3) is 0.125. The number of hydrogen-bond acceptors (Lipinski definition) is 5. The van der Waals surface area contributed by atoms with E-state index in [0.717, 1.165) is 0 Å². The first-order chi connectivity index (χ1) is 15.0. The monoisotopic (exact) mass is 418 g/mol. The standard InChI is InChI=1S/C24H19FN2O4/c1-31-17-8-4-7-16(12-17)22(28)20-21(18-9-2-3-10-19(18)25)27(24(30)23(20)29)14-15-6-5-11-26-13-15/h2-13,21,28H,14H2,1H3/b22-20+. The Hall–Kier alpha value is -4.00. The molecule has 4 rings (SSSR count). The first-order valence-electron chi connectivity index (χ1n) is 9.57. The maximum Gasteiger partial charge on any atom is 0.295 e. The molecule has 1 aliphatic heterocycles. The van der Waals surface area contributed by atoms with Gasteiger partial charge in [0.25, 0.3) is 11.7 Å². The minimum Gasteiger partial charge on any atom is -0.507 e. The van der Waals surface area contributed by atoms with Crippen molar-refractivity contribution in [2.75, 3.05) is 7.11 Å². The summed E-state index contributed by atoms with van der Waals surface area (Å²) in [6, 6.07) is 14.7. The average Bonchev–Trinajstić information content (AvgIpc) is 3.04. The molecule has 1 amide bonds. The van der Waals surface area contributed by atoms with E-state index in [2.05, 4.69) is 4.98 Å². The molecule has 1 saturated heterocycles. The number of carbonyl (C=O) groups is 2. The van der Waals surface area contributed by atoms with Crippen LogP contribution in [0.5, 0.6) is 5.75 Å². The minimum atomic E-state index is -1.09. The van der Waals surface area contributed by atoms with Crippen molar-refractivity contribution in [3.8, 4) is 5.75 Å². The predicted molar refractivity (Wildman–Crippen MR) is 111 cm³/mol. The van der Waals surface area contributed by atoms with Crippen molar-refractivity contribution in [3.05, 3.63) is 101 Å². The van der Waals surface area contributed by atoms with Crippen molar-refractivity contribution in [3.63, 3.8) is 0 Å². The Morgan fingerprint density at radius 1 is 1.13 bits per heavy atom. The summed E-state index contributed by atoms with van der Waals surface area (Å²) in [7, 11) is 1.48. The van der Waals surface area contributed by atoms with Gasteiger partial charge in [-0.15, -0.1) is 0 Å². The van der Waals surface area contributed by atoms with Crippen molar-refractivity contribution < 1.29 is 23.8 Å². The van der Waals surface area contributed by atoms with Crippen molar-refractivity contribution >= 4 is 17.4 Å². The molecule has 2 heterocycles. The van der Waals surface area contributed by atoms with Crippen LogP contribution in [-0.4, -0.2) is 33.8 Å². The number of aromatic nitrogens is 1. The second-order valence-electron chi connectivity index (χ2n) is 7.04. The van der Waals surface area contributed by atoms with Crippen molar-refractivity contribution in [1.29, 1.82) is 0 Å². The second kappa shape index (κ2) is 8.39. The molecule has 1 aliphatic rings. The Morgan fingerprint density at radius 2 is 1.94 bits per heavy atom. The first-order valence-corrected chi connectivity index (χ1v) is 9.57. The molecular formula is C24H19FN2O4. The number of halogens is 1. The molecule has 0 saturated carbocycles. The van der Waals surface area contributed by atoms with E-state index >= 15 is 0 Å². The number of amides is 1. The molecule has 0 radical (unpaired) electrons. The van der Waals surface area contributed by atoms with Gasteiger partial charge in [-0.1, -0.05) is 36.4 Å². The summed E-state index contributed by atoms with van der Waals surface area (Å²) in [6.45, 7) is 0.0340. The van der Waals surface area contributed by atoms with Crippen molar-refractivity contribution in [2.24, 2.45) is 0 Å². The van der Waals surface area contributed by atoms with Crippen LogP contribution in [0.4, 0.5) is 4.39 Å². The zero-order valence-electron chi connectivity index (χ0n) is 16.7. The average molecular weight is 418 g/mol. The van der Waals surface area contributed by atoms with Crippen LogP contribution < -0.4 is 4.74 Å². The SMILES string of the molecule is COc1cccc(/C(O)=C2\C(=O)C(=O)N(Cc3cccnc3)C2c2ccccc2F)c1. The number of carbonyl (C=O) groups excluding carboxylic acids is 2. The van der Waals surface area contributed by atoms with Gasteiger partial charge in [-0.3, -0.25) is 14.6 Å². The number of likely N-dealkylation sites (tertiary alicyclic amines) is 1. The molecular weight excluding hydrogens is 399 g/mol. The number of aliphatic hydroxyl groups excluding tert-OH is 1. The van der Waals surface area contributed by atoms with Crippen LogP contribution in [0.2, 0.25) is 0 Å². The van der Waals surface area contributed by atoms with E-state index in [9.17, 15) is 19.1 Å². The maximum absolute atomic E-state index is 14.8. The van der Waals surface area contributed by atoms with Crippen molar-refractivity contribution in [1.82, 2.24) is 9.88 Å². The van der Waals surface area contributed by atoms with E-state index in [1.165, 1.54) is 30.2 Å². The molecule has 1 unspecified atom stereocenters. The molecule has 6 nitrogen and oxygen atoms in total. The van der Waals surface area contributed by atoms with Crippen LogP contribution in [0.1, 0.15) is 22.7 Å². The number of hydrogen-bond donors (Lipinski definition) is 1. The summed E-state index contributed by atoms with van der Waals surface area (Å²) in [5.74, 6) is -2.20. The van der Waals surface area contributed by atoms with Gasteiger partial charge in [0.1, 0.15) is 17.3 Å². The van der Waals surface area contributed by atoms with Crippen LogP contribution in [-0.2, 0) is 16.1 Å². The lowest BCUT2D eigenvalue weighted by molar-refractivity contribution is -0.140. The lowest BCUT2D eigenvalue weighted by atomic mass is 9.94. The highest BCUT2D eigenvalue weighted by molar-refractivity contribution is 6.46. The van der Waals surface area contributed by atoms with E-state index in [1.54, 1.807) is 54.9 Å². The lowest BCUT2D eigenvalue weighted by Crippen LogP contribution is -2.29. The van der Waals surface area contributed by atoms with E-state index in [-0.39, 0.29) is 23.4 Å². The van der Waals surface area contributed by atoms with Crippen LogP contribution in [0.15, 0.2) is 78.6 Å². The van der Waals surface area contributed by atoms with E-state index < -0.39 is 23.5 Å². The Labute approximate surface area is 178 Å². The Kier molecular flexibility index (Phi) is 5.49. The quantitative estimate of drug-likeness (QED) is 0.387. The second-order valence-corrected chi connectivity index (χ2v) is 7.04. The van der Waals surface area contributed by atoms with Gasteiger partial charge in [0.05, 0.1) is 18.7 Å². The number of rotatable bonds is 5. The summed E-state index contributed by atoms with van der Waals surface area (Å²) in [5, 5.41) is 11.0. The highest BCUT2D eigenvalue weighted by atomic mass is 19.1. The number of Topliss-reactive ketones (excluding diaryl/α,β-unsaturated/α-hetero) is 1. The Bertz CT molecular complexity index is 1180. The van der Waals surface area contributed by atoms with Gasteiger partial charge in [0, 0.05) is 30.1 Å². The zero-order chi connectivity index (χ0) is 22.0. The van der Waals surface area contributed by atoms with Gasteiger partial charge < -0.3 is 14.7 Å². The normalized spacial score (nSPS) is 17.7. The van der Waals surface area contributed by atoms with Crippen LogP contribution in [0.3, 0.4) is 0 Å². The number of ether oxygens (including phenoxy) is 1. The summed E-state index contributed by atoms with van der Waals surface area (Å²) in [6.07, 6.45) is 3.16. The highest BCUT2D eigenvalue weighted by Crippen LogP contribution is 2.41. The molecule has 1 atom stereocenters. The van der Waals surface area contributed by atoms with Gasteiger partial charge in [-0.25, -0.2) is 4.39 Å². The molecule has 0 aliphatic carbocycles. The first kappa shape index (κ1) is 20.3. The predicted octanol–water partition coefficient (Wildman–Crippen LogP) is 3.85. The van der Waals surface area contributed by atoms with Gasteiger partial charge in [-0.2, -0.15) is 0 Å². The van der Waals surface area contributed by atoms with Crippen LogP contribution in [0.25, 0.3) is 5.76 Å². The molecule has 31 heavy (non-hydrogen) atoms. The molecule has 0 spiro atoms. The molecule has 1 fully saturated rings. The summed E-state index contributed by atoms with van der Waals surface area (Å²) in [4.78, 5) is 31.2. The van der Waals surface area contributed by atoms with Crippen LogP contribution >= 0.6 is 0 Å². The fourth-order valence-electron chi connectivity index (χ4n) is 3.68. The third-order valence-electron chi connectivity index (χ3n) is 5.16. The highest BCUT2D eigenvalue weighted by Gasteiger charge is 2.47. The molecule has 2 aromatic carbocycles. The summed E-state index contributed by atoms with van der Waals surface area (Å²) >= 11 is 0. The molecule has 1 N–H and O–H groups in total. The molecule has 156 valence electrons. The van der Waals surface area contributed by atoms with E-state index in [1.807, 2.05) is 0 Å². The smallest absolute Gasteiger partial charge is 0.295 e. The number of nitrogens with zero attached hydrogens (tertiary/aromatic N) is 2. The Balaban J connectivity index is 1.89. The number of pyridine rings is 1. The number of aliphatic hydroxyl groups is 1. The maximum atomic E-state index is 14.8. The number of ketones is 1. The lowest BCUT2D eigenvalue weighted by Gasteiger charge is -2.25. The van der Waals surface area contributed by atoms with Crippen LogP contribution in [0, 0.1) is 5.82 Å². The minimum absolute atomic E-state index is 0.0340. The van der Waals surface area contributed by atoms with Gasteiger partial charge in [0.2, 0.25) is 0 Å². The number of methoxy groups -OCH3 is 1. The molecule has 1 aromatic heterocycles. The van der Waals surface area contributed by atoms with E-state index in [4.69, 9.17) is 4.74 Å².